The predicted octanol–water partition coefficient (Wildman–Crippen LogP) is 3.97. The molecule has 1 aromatic rings. The molecule has 1 aliphatic rings. The number of methoxy groups -OCH3 is 1. The Balaban J connectivity index is 2.40. The van der Waals surface area contributed by atoms with Crippen LogP contribution in [0.1, 0.15) is 11.5 Å². The second-order valence-electron chi connectivity index (χ2n) is 3.99. The van der Waals surface area contributed by atoms with E-state index in [-0.39, 0.29) is 0 Å². The van der Waals surface area contributed by atoms with Gasteiger partial charge in [0.15, 0.2) is 5.75 Å². The van der Waals surface area contributed by atoms with Crippen LogP contribution in [0.3, 0.4) is 0 Å². The molecule has 7 heteroatoms. The maximum absolute atomic E-state index is 11.0. The van der Waals surface area contributed by atoms with Gasteiger partial charge in [0.1, 0.15) is 4.33 Å². The third kappa shape index (κ3) is 2.14. The number of carboxylic acid groups (broad SMARTS) is 1. The van der Waals surface area contributed by atoms with E-state index in [4.69, 9.17) is 56.2 Å². The van der Waals surface area contributed by atoms with Crippen LogP contribution in [0.5, 0.6) is 5.75 Å². The van der Waals surface area contributed by atoms with E-state index in [0.29, 0.717) is 21.4 Å². The molecule has 1 aromatic carbocycles. The molecular formula is C11H8Cl4O3. The fourth-order valence-electron chi connectivity index (χ4n) is 2.00. The summed E-state index contributed by atoms with van der Waals surface area (Å²) >= 11 is 23.9. The number of hydrogen-bond acceptors (Lipinski definition) is 2. The van der Waals surface area contributed by atoms with Crippen molar-refractivity contribution in [3.8, 4) is 5.75 Å². The van der Waals surface area contributed by atoms with Crippen LogP contribution in [0.15, 0.2) is 12.1 Å². The number of ether oxygens (including phenoxy) is 1. The number of halogens is 4. The molecule has 2 rings (SSSR count). The second kappa shape index (κ2) is 4.64. The third-order valence-corrected chi connectivity index (χ3v) is 4.41. The average molecular weight is 330 g/mol. The SMILES string of the molecule is COc1c(Cl)cc([C@@H]2[C@@H](C(=O)O)C2(Cl)Cl)cc1Cl. The van der Waals surface area contributed by atoms with Crippen LogP contribution in [0.2, 0.25) is 10.0 Å². The molecule has 3 nitrogen and oxygen atoms in total. The first kappa shape index (κ1) is 14.1. The molecule has 0 unspecified atom stereocenters. The van der Waals surface area contributed by atoms with Crippen LogP contribution in [0.4, 0.5) is 0 Å². The molecule has 2 atom stereocenters. The first-order valence-corrected chi connectivity index (χ1v) is 6.45. The Hall–Kier alpha value is -0.350. The van der Waals surface area contributed by atoms with Crippen molar-refractivity contribution in [3.63, 3.8) is 0 Å². The van der Waals surface area contributed by atoms with Gasteiger partial charge in [0.2, 0.25) is 0 Å². The highest BCUT2D eigenvalue weighted by Gasteiger charge is 2.68. The zero-order valence-electron chi connectivity index (χ0n) is 9.08. The van der Waals surface area contributed by atoms with E-state index in [2.05, 4.69) is 0 Å². The Labute approximate surface area is 124 Å². The van der Waals surface area contributed by atoms with Crippen molar-refractivity contribution in [1.29, 1.82) is 0 Å². The van der Waals surface area contributed by atoms with Gasteiger partial charge < -0.3 is 9.84 Å². The summed E-state index contributed by atoms with van der Waals surface area (Å²) in [5, 5.41) is 9.58. The number of carbonyl (C=O) groups is 1. The minimum Gasteiger partial charge on any atom is -0.494 e. The molecule has 0 aromatic heterocycles. The molecule has 0 aliphatic heterocycles. The summed E-state index contributed by atoms with van der Waals surface area (Å²) in [6.07, 6.45) is 0. The van der Waals surface area contributed by atoms with Crippen LogP contribution in [-0.4, -0.2) is 22.5 Å². The summed E-state index contributed by atoms with van der Waals surface area (Å²) in [6.45, 7) is 0. The summed E-state index contributed by atoms with van der Waals surface area (Å²) in [4.78, 5) is 11.0. The lowest BCUT2D eigenvalue weighted by Crippen LogP contribution is -2.03. The van der Waals surface area contributed by atoms with E-state index in [9.17, 15) is 4.79 Å². The van der Waals surface area contributed by atoms with Crippen LogP contribution in [-0.2, 0) is 4.79 Å². The zero-order chi connectivity index (χ0) is 13.7. The lowest BCUT2D eigenvalue weighted by molar-refractivity contribution is -0.138. The highest BCUT2D eigenvalue weighted by Crippen LogP contribution is 2.65. The lowest BCUT2D eigenvalue weighted by Gasteiger charge is -2.08. The summed E-state index contributed by atoms with van der Waals surface area (Å²) in [5.74, 6) is -2.10. The largest absolute Gasteiger partial charge is 0.494 e. The van der Waals surface area contributed by atoms with Gasteiger partial charge in [-0.1, -0.05) is 46.4 Å². The van der Waals surface area contributed by atoms with E-state index in [1.807, 2.05) is 0 Å². The molecule has 0 saturated heterocycles. The molecular weight excluding hydrogens is 322 g/mol. The van der Waals surface area contributed by atoms with Crippen molar-refractivity contribution in [2.75, 3.05) is 7.11 Å². The number of carboxylic acids is 1. The molecule has 18 heavy (non-hydrogen) atoms. The molecule has 0 amide bonds. The van der Waals surface area contributed by atoms with Crippen LogP contribution >= 0.6 is 46.4 Å². The van der Waals surface area contributed by atoms with Gasteiger partial charge in [-0.3, -0.25) is 4.79 Å². The lowest BCUT2D eigenvalue weighted by atomic mass is 10.1. The van der Waals surface area contributed by atoms with Gasteiger partial charge in [-0.05, 0) is 17.7 Å². The Bertz CT molecular complexity index is 492. The van der Waals surface area contributed by atoms with E-state index < -0.39 is 22.1 Å². The molecule has 1 fully saturated rings. The quantitative estimate of drug-likeness (QED) is 0.853. The Morgan fingerprint density at radius 1 is 1.33 bits per heavy atom. The highest BCUT2D eigenvalue weighted by atomic mass is 35.5. The first-order valence-electron chi connectivity index (χ1n) is 4.94. The van der Waals surface area contributed by atoms with Crippen molar-refractivity contribution in [2.24, 2.45) is 5.92 Å². The predicted molar refractivity (Wildman–Crippen MR) is 71.3 cm³/mol. The Morgan fingerprint density at radius 2 is 1.83 bits per heavy atom. The summed E-state index contributed by atoms with van der Waals surface area (Å²) in [7, 11) is 1.44. The van der Waals surface area contributed by atoms with Crippen molar-refractivity contribution < 1.29 is 14.6 Å². The molecule has 0 heterocycles. The van der Waals surface area contributed by atoms with Crippen LogP contribution < -0.4 is 4.74 Å². The Morgan fingerprint density at radius 3 is 2.17 bits per heavy atom. The van der Waals surface area contributed by atoms with Gasteiger partial charge in [0.05, 0.1) is 23.1 Å². The maximum Gasteiger partial charge on any atom is 0.310 e. The molecule has 98 valence electrons. The van der Waals surface area contributed by atoms with Crippen molar-refractivity contribution >= 4 is 52.4 Å². The number of rotatable bonds is 3. The van der Waals surface area contributed by atoms with Crippen LogP contribution in [0, 0.1) is 5.92 Å². The minimum atomic E-state index is -1.33. The zero-order valence-corrected chi connectivity index (χ0v) is 12.1. The van der Waals surface area contributed by atoms with Crippen molar-refractivity contribution in [3.05, 3.63) is 27.7 Å². The third-order valence-electron chi connectivity index (χ3n) is 2.90. The molecule has 0 spiro atoms. The van der Waals surface area contributed by atoms with E-state index in [0.717, 1.165) is 0 Å². The van der Waals surface area contributed by atoms with Crippen LogP contribution in [0.25, 0.3) is 0 Å². The monoisotopic (exact) mass is 328 g/mol. The van der Waals surface area contributed by atoms with Gasteiger partial charge in [0, 0.05) is 5.92 Å². The second-order valence-corrected chi connectivity index (χ2v) is 6.24. The standard InChI is InChI=1S/C11H8Cl4O3/c1-18-9-5(12)2-4(3-6(9)13)7-8(10(16)17)11(7,14)15/h2-3,7-8H,1H3,(H,16,17)/t7-,8+/m1/s1. The molecule has 1 N–H and O–H groups in total. The minimum absolute atomic E-state index is 0.292. The number of aliphatic carboxylic acids is 1. The smallest absolute Gasteiger partial charge is 0.310 e. The van der Waals surface area contributed by atoms with Gasteiger partial charge in [-0.15, -0.1) is 0 Å². The molecule has 0 bridgehead atoms. The topological polar surface area (TPSA) is 46.5 Å². The average Bonchev–Trinajstić information content (AvgIpc) is 2.81. The van der Waals surface area contributed by atoms with Gasteiger partial charge in [-0.2, -0.15) is 0 Å². The Kier molecular flexibility index (Phi) is 3.63. The van der Waals surface area contributed by atoms with Gasteiger partial charge >= 0.3 is 5.97 Å². The summed E-state index contributed by atoms with van der Waals surface area (Å²) < 4.78 is 3.68. The van der Waals surface area contributed by atoms with Crippen molar-refractivity contribution in [2.45, 2.75) is 10.3 Å². The number of benzene rings is 1. The molecule has 1 saturated carbocycles. The highest BCUT2D eigenvalue weighted by molar-refractivity contribution is 6.53. The van der Waals surface area contributed by atoms with Gasteiger partial charge in [-0.25, -0.2) is 0 Å². The summed E-state index contributed by atoms with van der Waals surface area (Å²) in [6, 6.07) is 3.14. The number of alkyl halides is 2. The van der Waals surface area contributed by atoms with E-state index in [1.54, 1.807) is 12.1 Å². The maximum atomic E-state index is 11.0. The first-order chi connectivity index (χ1) is 8.30. The van der Waals surface area contributed by atoms with E-state index in [1.165, 1.54) is 7.11 Å². The fourth-order valence-corrected chi connectivity index (χ4v) is 3.48. The normalized spacial score (nSPS) is 24.7. The fraction of sp³-hybridized carbons (Fsp3) is 0.364. The number of hydrogen-bond donors (Lipinski definition) is 1. The summed E-state index contributed by atoms with van der Waals surface area (Å²) in [5.41, 5.74) is 0.586. The molecule has 0 radical (unpaired) electrons. The van der Waals surface area contributed by atoms with Gasteiger partial charge in [0.25, 0.3) is 0 Å². The molecule has 1 aliphatic carbocycles. The van der Waals surface area contributed by atoms with E-state index >= 15 is 0 Å². The van der Waals surface area contributed by atoms with Crippen molar-refractivity contribution in [1.82, 2.24) is 0 Å².